The summed E-state index contributed by atoms with van der Waals surface area (Å²) in [6.07, 6.45) is 0. The molecule has 0 spiro atoms. The van der Waals surface area contributed by atoms with Gasteiger partial charge in [-0.05, 0) is 61.9 Å². The van der Waals surface area contributed by atoms with Gasteiger partial charge in [0.25, 0.3) is 11.8 Å². The van der Waals surface area contributed by atoms with E-state index in [0.717, 1.165) is 41.2 Å². The van der Waals surface area contributed by atoms with E-state index in [1.807, 2.05) is 91.5 Å². The van der Waals surface area contributed by atoms with Gasteiger partial charge in [-0.25, -0.2) is 0 Å². The molecule has 3 aromatic carbocycles. The fraction of sp³-hybridized carbons (Fsp3) is 0.231. The lowest BCUT2D eigenvalue weighted by molar-refractivity contribution is 0.0746. The van der Waals surface area contributed by atoms with Gasteiger partial charge in [-0.2, -0.15) is 0 Å². The largest absolute Gasteiger partial charge is 0.368 e. The van der Waals surface area contributed by atoms with Crippen molar-refractivity contribution in [2.24, 2.45) is 0 Å². The van der Waals surface area contributed by atoms with Crippen LogP contribution in [0.2, 0.25) is 0 Å². The van der Waals surface area contributed by atoms with E-state index in [9.17, 15) is 9.59 Å². The summed E-state index contributed by atoms with van der Waals surface area (Å²) in [7, 11) is 0. The van der Waals surface area contributed by atoms with Crippen molar-refractivity contribution in [1.82, 2.24) is 4.90 Å². The van der Waals surface area contributed by atoms with Crippen LogP contribution in [-0.2, 0) is 0 Å². The summed E-state index contributed by atoms with van der Waals surface area (Å²) >= 11 is 0. The van der Waals surface area contributed by atoms with Crippen molar-refractivity contribution in [2.45, 2.75) is 13.8 Å². The number of benzene rings is 3. The molecule has 2 amide bonds. The molecular formula is C26H27N3O2. The SMILES string of the molecule is Cc1ccc(C(=O)N2CCN(c3ccc(NC(=O)c4ccccc4C)cc3)CC2)cc1. The third kappa shape index (κ3) is 4.77. The number of piperazine rings is 1. The summed E-state index contributed by atoms with van der Waals surface area (Å²) in [4.78, 5) is 29.4. The first-order chi connectivity index (χ1) is 15.0. The minimum atomic E-state index is -0.103. The van der Waals surface area contributed by atoms with E-state index in [2.05, 4.69) is 10.2 Å². The molecule has 0 bridgehead atoms. The van der Waals surface area contributed by atoms with Crippen molar-refractivity contribution in [3.63, 3.8) is 0 Å². The van der Waals surface area contributed by atoms with Crippen LogP contribution >= 0.6 is 0 Å². The molecule has 5 heteroatoms. The fourth-order valence-electron chi connectivity index (χ4n) is 3.83. The Bertz CT molecular complexity index is 1070. The molecule has 1 saturated heterocycles. The Hall–Kier alpha value is -3.60. The molecule has 0 saturated carbocycles. The highest BCUT2D eigenvalue weighted by Crippen LogP contribution is 2.21. The Balaban J connectivity index is 1.34. The lowest BCUT2D eigenvalue weighted by Gasteiger charge is -2.36. The molecule has 0 radical (unpaired) electrons. The number of rotatable bonds is 4. The summed E-state index contributed by atoms with van der Waals surface area (Å²) < 4.78 is 0. The predicted octanol–water partition coefficient (Wildman–Crippen LogP) is 4.52. The van der Waals surface area contributed by atoms with E-state index >= 15 is 0 Å². The van der Waals surface area contributed by atoms with Crippen molar-refractivity contribution in [3.05, 3.63) is 95.1 Å². The number of amides is 2. The van der Waals surface area contributed by atoms with Crippen molar-refractivity contribution in [1.29, 1.82) is 0 Å². The summed E-state index contributed by atoms with van der Waals surface area (Å²) in [5.41, 5.74) is 5.39. The monoisotopic (exact) mass is 413 g/mol. The van der Waals surface area contributed by atoms with Crippen molar-refractivity contribution in [2.75, 3.05) is 36.4 Å². The van der Waals surface area contributed by atoms with Gasteiger partial charge in [-0.1, -0.05) is 35.9 Å². The molecule has 0 atom stereocenters. The average Bonchev–Trinajstić information content (AvgIpc) is 2.80. The zero-order valence-corrected chi connectivity index (χ0v) is 18.0. The average molecular weight is 414 g/mol. The zero-order valence-electron chi connectivity index (χ0n) is 18.0. The van der Waals surface area contributed by atoms with Gasteiger partial charge >= 0.3 is 0 Å². The molecule has 4 rings (SSSR count). The zero-order chi connectivity index (χ0) is 21.8. The number of hydrogen-bond donors (Lipinski definition) is 1. The van der Waals surface area contributed by atoms with Gasteiger partial charge < -0.3 is 15.1 Å². The molecule has 0 unspecified atom stereocenters. The maximum absolute atomic E-state index is 12.7. The van der Waals surface area contributed by atoms with Crippen molar-refractivity contribution < 1.29 is 9.59 Å². The van der Waals surface area contributed by atoms with Crippen molar-refractivity contribution in [3.8, 4) is 0 Å². The highest BCUT2D eigenvalue weighted by molar-refractivity contribution is 6.05. The quantitative estimate of drug-likeness (QED) is 0.684. The van der Waals surface area contributed by atoms with Crippen molar-refractivity contribution >= 4 is 23.2 Å². The van der Waals surface area contributed by atoms with Crippen LogP contribution in [0.5, 0.6) is 0 Å². The highest BCUT2D eigenvalue weighted by atomic mass is 16.2. The second kappa shape index (κ2) is 9.04. The number of anilines is 2. The van der Waals surface area contributed by atoms with Gasteiger partial charge in [-0.3, -0.25) is 9.59 Å². The molecule has 31 heavy (non-hydrogen) atoms. The number of nitrogens with one attached hydrogen (secondary N) is 1. The molecule has 3 aromatic rings. The van der Waals surface area contributed by atoms with Gasteiger partial charge in [0, 0.05) is 48.7 Å². The second-order valence-corrected chi connectivity index (χ2v) is 7.96. The Morgan fingerprint density at radius 2 is 1.42 bits per heavy atom. The molecule has 5 nitrogen and oxygen atoms in total. The molecule has 1 aliphatic heterocycles. The normalized spacial score (nSPS) is 13.7. The van der Waals surface area contributed by atoms with E-state index in [0.29, 0.717) is 18.7 Å². The van der Waals surface area contributed by atoms with E-state index in [-0.39, 0.29) is 11.8 Å². The minimum absolute atomic E-state index is 0.0916. The maximum Gasteiger partial charge on any atom is 0.255 e. The van der Waals surface area contributed by atoms with Crippen LogP contribution in [0.25, 0.3) is 0 Å². The second-order valence-electron chi connectivity index (χ2n) is 7.96. The first kappa shape index (κ1) is 20.7. The van der Waals surface area contributed by atoms with E-state index < -0.39 is 0 Å². The molecular weight excluding hydrogens is 386 g/mol. The van der Waals surface area contributed by atoms with Crippen LogP contribution in [0.3, 0.4) is 0 Å². The molecule has 1 N–H and O–H groups in total. The van der Waals surface area contributed by atoms with Crippen LogP contribution in [0, 0.1) is 13.8 Å². The van der Waals surface area contributed by atoms with E-state index in [1.54, 1.807) is 0 Å². The number of aryl methyl sites for hydroxylation is 2. The third-order valence-corrected chi connectivity index (χ3v) is 5.75. The van der Waals surface area contributed by atoms with Gasteiger partial charge in [0.05, 0.1) is 0 Å². The number of carbonyl (C=O) groups is 2. The van der Waals surface area contributed by atoms with E-state index in [4.69, 9.17) is 0 Å². The summed E-state index contributed by atoms with van der Waals surface area (Å²) in [5.74, 6) is -0.0111. The predicted molar refractivity (Wildman–Crippen MR) is 125 cm³/mol. The van der Waals surface area contributed by atoms with Crippen LogP contribution in [0.15, 0.2) is 72.8 Å². The Kier molecular flexibility index (Phi) is 6.03. The van der Waals surface area contributed by atoms with Gasteiger partial charge in [-0.15, -0.1) is 0 Å². The number of nitrogens with zero attached hydrogens (tertiary/aromatic N) is 2. The Morgan fingerprint density at radius 3 is 2.06 bits per heavy atom. The maximum atomic E-state index is 12.7. The third-order valence-electron chi connectivity index (χ3n) is 5.75. The lowest BCUT2D eigenvalue weighted by Crippen LogP contribution is -2.48. The summed E-state index contributed by atoms with van der Waals surface area (Å²) in [6, 6.07) is 23.2. The molecule has 1 aliphatic rings. The van der Waals surface area contributed by atoms with E-state index in [1.165, 1.54) is 0 Å². The molecule has 0 aromatic heterocycles. The summed E-state index contributed by atoms with van der Waals surface area (Å²) in [6.45, 7) is 6.91. The van der Waals surface area contributed by atoms with Crippen LogP contribution in [-0.4, -0.2) is 42.9 Å². The molecule has 1 fully saturated rings. The van der Waals surface area contributed by atoms with Crippen LogP contribution < -0.4 is 10.2 Å². The lowest BCUT2D eigenvalue weighted by atomic mass is 10.1. The Labute approximate surface area is 183 Å². The van der Waals surface area contributed by atoms with Gasteiger partial charge in [0.15, 0.2) is 0 Å². The minimum Gasteiger partial charge on any atom is -0.368 e. The first-order valence-electron chi connectivity index (χ1n) is 10.6. The van der Waals surface area contributed by atoms with Gasteiger partial charge in [0.2, 0.25) is 0 Å². The number of carbonyl (C=O) groups excluding carboxylic acids is 2. The standard InChI is InChI=1S/C26H27N3O2/c1-19-7-9-21(10-8-19)26(31)29-17-15-28(16-18-29)23-13-11-22(12-14-23)27-25(30)24-6-4-3-5-20(24)2/h3-14H,15-18H2,1-2H3,(H,27,30). The first-order valence-corrected chi connectivity index (χ1v) is 10.6. The summed E-state index contributed by atoms with van der Waals surface area (Å²) in [5, 5.41) is 2.96. The van der Waals surface area contributed by atoms with Gasteiger partial charge in [0.1, 0.15) is 0 Å². The Morgan fingerprint density at radius 1 is 0.774 bits per heavy atom. The van der Waals surface area contributed by atoms with Crippen LogP contribution in [0.1, 0.15) is 31.8 Å². The fourth-order valence-corrected chi connectivity index (χ4v) is 3.83. The smallest absolute Gasteiger partial charge is 0.255 e. The van der Waals surface area contributed by atoms with Crippen LogP contribution in [0.4, 0.5) is 11.4 Å². The molecule has 0 aliphatic carbocycles. The molecule has 158 valence electrons. The topological polar surface area (TPSA) is 52.7 Å². The molecule has 1 heterocycles. The number of hydrogen-bond acceptors (Lipinski definition) is 3. The highest BCUT2D eigenvalue weighted by Gasteiger charge is 2.22.